The van der Waals surface area contributed by atoms with Crippen LogP contribution in [-0.2, 0) is 16.1 Å². The van der Waals surface area contributed by atoms with Gasteiger partial charge in [0.1, 0.15) is 11.6 Å². The standard InChI is InChI=1S/C19H22N4O2S/c1-12-7-15(14(3)23(12)11-17-5-4-6-25-17)8-16(9-20)18(24)22-19-21-10-13(2)26-19/h7-8,10,17H,4-6,11H2,1-3H3,(H,21,22,24). The van der Waals surface area contributed by atoms with Gasteiger partial charge < -0.3 is 9.30 Å². The van der Waals surface area contributed by atoms with Crippen molar-refractivity contribution in [2.24, 2.45) is 0 Å². The van der Waals surface area contributed by atoms with Crippen molar-refractivity contribution >= 4 is 28.5 Å². The Morgan fingerprint density at radius 3 is 2.96 bits per heavy atom. The number of carbonyl (C=O) groups excluding carboxylic acids is 1. The van der Waals surface area contributed by atoms with Gasteiger partial charge in [-0.3, -0.25) is 10.1 Å². The quantitative estimate of drug-likeness (QED) is 0.644. The van der Waals surface area contributed by atoms with Gasteiger partial charge in [-0.25, -0.2) is 4.98 Å². The second kappa shape index (κ2) is 7.85. The number of hydrogen-bond donors (Lipinski definition) is 1. The maximum absolute atomic E-state index is 12.4. The number of nitrogens with zero attached hydrogens (tertiary/aromatic N) is 3. The number of ether oxygens (including phenoxy) is 1. The number of anilines is 1. The molecular formula is C19H22N4O2S. The highest BCUT2D eigenvalue weighted by Crippen LogP contribution is 2.23. The third-order valence-corrected chi connectivity index (χ3v) is 5.36. The normalized spacial score (nSPS) is 17.3. The van der Waals surface area contributed by atoms with Gasteiger partial charge in [-0.1, -0.05) is 0 Å². The van der Waals surface area contributed by atoms with E-state index in [0.29, 0.717) is 5.13 Å². The van der Waals surface area contributed by atoms with Crippen LogP contribution in [-0.4, -0.2) is 28.2 Å². The average molecular weight is 370 g/mol. The van der Waals surface area contributed by atoms with Crippen LogP contribution >= 0.6 is 11.3 Å². The number of thiazole rings is 1. The molecule has 2 aromatic heterocycles. The number of carbonyl (C=O) groups is 1. The Morgan fingerprint density at radius 2 is 2.35 bits per heavy atom. The fourth-order valence-electron chi connectivity index (χ4n) is 3.13. The van der Waals surface area contributed by atoms with Crippen LogP contribution in [0.3, 0.4) is 0 Å². The van der Waals surface area contributed by atoms with Crippen LogP contribution in [0.4, 0.5) is 5.13 Å². The van der Waals surface area contributed by atoms with E-state index in [4.69, 9.17) is 4.74 Å². The van der Waals surface area contributed by atoms with Gasteiger partial charge in [0.2, 0.25) is 0 Å². The van der Waals surface area contributed by atoms with E-state index in [2.05, 4.69) is 14.9 Å². The molecule has 1 aliphatic heterocycles. The molecule has 0 radical (unpaired) electrons. The molecule has 1 N–H and O–H groups in total. The van der Waals surface area contributed by atoms with Crippen LogP contribution < -0.4 is 5.32 Å². The fourth-order valence-corrected chi connectivity index (χ4v) is 3.79. The summed E-state index contributed by atoms with van der Waals surface area (Å²) in [6.07, 6.45) is 5.75. The van der Waals surface area contributed by atoms with Crippen LogP contribution in [0.1, 0.15) is 34.7 Å². The van der Waals surface area contributed by atoms with Crippen molar-refractivity contribution < 1.29 is 9.53 Å². The van der Waals surface area contributed by atoms with Gasteiger partial charge in [0.05, 0.1) is 6.10 Å². The van der Waals surface area contributed by atoms with Crippen LogP contribution in [0, 0.1) is 32.1 Å². The van der Waals surface area contributed by atoms with Crippen molar-refractivity contribution in [3.8, 4) is 6.07 Å². The molecule has 1 aliphatic rings. The lowest BCUT2D eigenvalue weighted by molar-refractivity contribution is -0.112. The lowest BCUT2D eigenvalue weighted by Crippen LogP contribution is -2.17. The zero-order chi connectivity index (χ0) is 18.7. The van der Waals surface area contributed by atoms with Crippen molar-refractivity contribution in [2.45, 2.75) is 46.3 Å². The molecule has 3 rings (SSSR count). The largest absolute Gasteiger partial charge is 0.376 e. The smallest absolute Gasteiger partial charge is 0.268 e. The van der Waals surface area contributed by atoms with Crippen LogP contribution in [0.2, 0.25) is 0 Å². The number of rotatable bonds is 5. The summed E-state index contributed by atoms with van der Waals surface area (Å²) in [5, 5.41) is 12.6. The van der Waals surface area contributed by atoms with E-state index in [1.807, 2.05) is 32.9 Å². The number of amides is 1. The third kappa shape index (κ3) is 4.03. The maximum atomic E-state index is 12.4. The Kier molecular flexibility index (Phi) is 5.55. The lowest BCUT2D eigenvalue weighted by Gasteiger charge is -2.14. The van der Waals surface area contributed by atoms with E-state index < -0.39 is 5.91 Å². The highest BCUT2D eigenvalue weighted by molar-refractivity contribution is 7.15. The van der Waals surface area contributed by atoms with E-state index in [1.54, 1.807) is 12.3 Å². The Labute approximate surface area is 157 Å². The van der Waals surface area contributed by atoms with Crippen LogP contribution in [0.15, 0.2) is 17.8 Å². The summed E-state index contributed by atoms with van der Waals surface area (Å²) in [5.74, 6) is -0.439. The molecule has 1 atom stereocenters. The molecule has 1 fully saturated rings. The summed E-state index contributed by atoms with van der Waals surface area (Å²) < 4.78 is 7.92. The lowest BCUT2D eigenvalue weighted by atomic mass is 10.1. The first-order chi connectivity index (χ1) is 12.5. The van der Waals surface area contributed by atoms with Crippen molar-refractivity contribution in [3.63, 3.8) is 0 Å². The molecule has 7 heteroatoms. The highest BCUT2D eigenvalue weighted by Gasteiger charge is 2.19. The topological polar surface area (TPSA) is 79.9 Å². The summed E-state index contributed by atoms with van der Waals surface area (Å²) in [7, 11) is 0. The van der Waals surface area contributed by atoms with Gasteiger partial charge >= 0.3 is 0 Å². The zero-order valence-electron chi connectivity index (χ0n) is 15.2. The van der Waals surface area contributed by atoms with Gasteiger partial charge in [-0.15, -0.1) is 11.3 Å². The molecule has 2 aromatic rings. The number of hydrogen-bond acceptors (Lipinski definition) is 5. The minimum absolute atomic E-state index is 0.0650. The van der Waals surface area contributed by atoms with Gasteiger partial charge in [-0.05, 0) is 51.3 Å². The van der Waals surface area contributed by atoms with E-state index in [0.717, 1.165) is 47.8 Å². The van der Waals surface area contributed by atoms with E-state index >= 15 is 0 Å². The second-order valence-corrected chi connectivity index (χ2v) is 7.71. The Morgan fingerprint density at radius 1 is 1.54 bits per heavy atom. The summed E-state index contributed by atoms with van der Waals surface area (Å²) in [6.45, 7) is 7.58. The van der Waals surface area contributed by atoms with Crippen molar-refractivity contribution in [1.29, 1.82) is 5.26 Å². The van der Waals surface area contributed by atoms with Crippen molar-refractivity contribution in [3.05, 3.63) is 39.7 Å². The summed E-state index contributed by atoms with van der Waals surface area (Å²) in [4.78, 5) is 17.5. The van der Waals surface area contributed by atoms with Crippen LogP contribution in [0.5, 0.6) is 0 Å². The molecule has 0 aliphatic carbocycles. The van der Waals surface area contributed by atoms with Gasteiger partial charge in [0.25, 0.3) is 5.91 Å². The Balaban J connectivity index is 1.80. The first kappa shape index (κ1) is 18.4. The fraction of sp³-hybridized carbons (Fsp3) is 0.421. The SMILES string of the molecule is Cc1cnc(NC(=O)C(C#N)=Cc2cc(C)n(CC3CCCO3)c2C)s1. The molecule has 0 saturated carbocycles. The summed E-state index contributed by atoms with van der Waals surface area (Å²) >= 11 is 1.38. The molecule has 0 aromatic carbocycles. The van der Waals surface area contributed by atoms with Gasteiger partial charge in [0, 0.05) is 35.6 Å². The average Bonchev–Trinajstić information content (AvgIpc) is 3.31. The Bertz CT molecular complexity index is 882. The number of nitriles is 1. The molecule has 3 heterocycles. The van der Waals surface area contributed by atoms with Crippen molar-refractivity contribution in [1.82, 2.24) is 9.55 Å². The number of nitrogens with one attached hydrogen (secondary N) is 1. The minimum Gasteiger partial charge on any atom is -0.376 e. The van der Waals surface area contributed by atoms with Crippen LogP contribution in [0.25, 0.3) is 6.08 Å². The number of aromatic nitrogens is 2. The van der Waals surface area contributed by atoms with E-state index in [-0.39, 0.29) is 11.7 Å². The molecule has 6 nitrogen and oxygen atoms in total. The number of aryl methyl sites for hydroxylation is 2. The molecule has 0 spiro atoms. The second-order valence-electron chi connectivity index (χ2n) is 6.47. The first-order valence-electron chi connectivity index (χ1n) is 8.62. The maximum Gasteiger partial charge on any atom is 0.268 e. The molecule has 136 valence electrons. The minimum atomic E-state index is -0.439. The zero-order valence-corrected chi connectivity index (χ0v) is 16.0. The summed E-state index contributed by atoms with van der Waals surface area (Å²) in [5.41, 5.74) is 3.07. The molecule has 26 heavy (non-hydrogen) atoms. The predicted molar refractivity (Wildman–Crippen MR) is 102 cm³/mol. The summed E-state index contributed by atoms with van der Waals surface area (Å²) in [6, 6.07) is 4.00. The van der Waals surface area contributed by atoms with E-state index in [9.17, 15) is 10.1 Å². The molecular weight excluding hydrogens is 348 g/mol. The highest BCUT2D eigenvalue weighted by atomic mass is 32.1. The first-order valence-corrected chi connectivity index (χ1v) is 9.43. The predicted octanol–water partition coefficient (Wildman–Crippen LogP) is 3.59. The van der Waals surface area contributed by atoms with Crippen molar-refractivity contribution in [2.75, 3.05) is 11.9 Å². The van der Waals surface area contributed by atoms with Gasteiger partial charge in [-0.2, -0.15) is 5.26 Å². The molecule has 0 bridgehead atoms. The molecule has 1 amide bonds. The van der Waals surface area contributed by atoms with Gasteiger partial charge in [0.15, 0.2) is 5.13 Å². The molecule has 1 unspecified atom stereocenters. The molecule has 1 saturated heterocycles. The third-order valence-electron chi connectivity index (χ3n) is 4.53. The van der Waals surface area contributed by atoms with E-state index in [1.165, 1.54) is 11.3 Å². The monoisotopic (exact) mass is 370 g/mol. The Hall–Kier alpha value is -2.43.